The van der Waals surface area contributed by atoms with E-state index in [0.717, 1.165) is 11.8 Å². The number of rotatable bonds is 5. The zero-order valence-corrected chi connectivity index (χ0v) is 6.97. The molecule has 0 aromatic carbocycles. The summed E-state index contributed by atoms with van der Waals surface area (Å²) >= 11 is 0. The van der Waals surface area contributed by atoms with Crippen molar-refractivity contribution in [3.63, 3.8) is 0 Å². The van der Waals surface area contributed by atoms with Gasteiger partial charge in [-0.25, -0.2) is 0 Å². The monoisotopic (exact) mass is 138 g/mol. The Bertz CT molecular complexity index is 105. The fourth-order valence-corrected chi connectivity index (χ4v) is 1.55. The summed E-state index contributed by atoms with van der Waals surface area (Å²) < 4.78 is 0. The first-order chi connectivity index (χ1) is 4.88. The summed E-state index contributed by atoms with van der Waals surface area (Å²) in [6.07, 6.45) is 9.20. The molecule has 0 N–H and O–H groups in total. The molecule has 0 aliphatic heterocycles. The molecule has 0 amide bonds. The van der Waals surface area contributed by atoms with Crippen LogP contribution in [0.3, 0.4) is 0 Å². The summed E-state index contributed by atoms with van der Waals surface area (Å²) in [5.41, 5.74) is 0. The first-order valence-corrected chi connectivity index (χ1v) is 4.51. The van der Waals surface area contributed by atoms with E-state index in [9.17, 15) is 0 Å². The predicted octanol–water partition coefficient (Wildman–Crippen LogP) is 3.39. The summed E-state index contributed by atoms with van der Waals surface area (Å²) in [6.45, 7) is 6.06. The second-order valence-electron chi connectivity index (χ2n) is 3.39. The first-order valence-electron chi connectivity index (χ1n) is 4.51. The summed E-state index contributed by atoms with van der Waals surface area (Å²) in [5.74, 6) is 1.90. The lowest BCUT2D eigenvalue weighted by atomic mass is 10.1. The molecule has 1 aliphatic rings. The molecule has 0 spiro atoms. The van der Waals surface area contributed by atoms with E-state index in [1.165, 1.54) is 32.1 Å². The molecule has 0 heteroatoms. The predicted molar refractivity (Wildman–Crippen MR) is 45.9 cm³/mol. The molecule has 1 fully saturated rings. The molecular weight excluding hydrogens is 120 g/mol. The van der Waals surface area contributed by atoms with Crippen LogP contribution in [0.5, 0.6) is 0 Å². The molecule has 0 aromatic rings. The van der Waals surface area contributed by atoms with Crippen LogP contribution >= 0.6 is 0 Å². The van der Waals surface area contributed by atoms with Gasteiger partial charge in [-0.15, -0.1) is 6.58 Å². The minimum Gasteiger partial charge on any atom is -0.103 e. The van der Waals surface area contributed by atoms with Gasteiger partial charge in [0.05, 0.1) is 0 Å². The lowest BCUT2D eigenvalue weighted by Crippen LogP contribution is -1.80. The van der Waals surface area contributed by atoms with Gasteiger partial charge in [-0.1, -0.05) is 32.3 Å². The minimum absolute atomic E-state index is 0.886. The van der Waals surface area contributed by atoms with Gasteiger partial charge >= 0.3 is 0 Å². The Morgan fingerprint density at radius 1 is 1.50 bits per heavy atom. The van der Waals surface area contributed by atoms with Gasteiger partial charge in [0.1, 0.15) is 0 Å². The normalized spacial score (nSPS) is 30.1. The van der Waals surface area contributed by atoms with Gasteiger partial charge in [0.2, 0.25) is 0 Å². The van der Waals surface area contributed by atoms with Crippen LogP contribution in [0.2, 0.25) is 0 Å². The maximum absolute atomic E-state index is 3.80. The van der Waals surface area contributed by atoms with Crippen molar-refractivity contribution in [2.24, 2.45) is 11.8 Å². The zero-order chi connectivity index (χ0) is 7.40. The minimum atomic E-state index is 0.886. The Morgan fingerprint density at radius 3 is 2.80 bits per heavy atom. The van der Waals surface area contributed by atoms with E-state index < -0.39 is 0 Å². The van der Waals surface area contributed by atoms with E-state index in [1.807, 2.05) is 0 Å². The maximum atomic E-state index is 3.80. The molecule has 58 valence electrons. The molecule has 0 radical (unpaired) electrons. The third kappa shape index (κ3) is 2.17. The molecule has 0 heterocycles. The smallest absolute Gasteiger partial charge is 0.0205 e. The molecule has 1 saturated carbocycles. The third-order valence-electron chi connectivity index (χ3n) is 2.46. The topological polar surface area (TPSA) is 0 Å². The van der Waals surface area contributed by atoms with Crippen molar-refractivity contribution in [2.75, 3.05) is 0 Å². The first kappa shape index (κ1) is 7.84. The van der Waals surface area contributed by atoms with Crippen LogP contribution in [0, 0.1) is 11.8 Å². The second kappa shape index (κ2) is 3.80. The summed E-state index contributed by atoms with van der Waals surface area (Å²) in [4.78, 5) is 0. The molecule has 10 heavy (non-hydrogen) atoms. The van der Waals surface area contributed by atoms with E-state index in [-0.39, 0.29) is 0 Å². The van der Waals surface area contributed by atoms with Gasteiger partial charge in [-0.2, -0.15) is 0 Å². The van der Waals surface area contributed by atoms with Crippen LogP contribution in [0.1, 0.15) is 39.0 Å². The van der Waals surface area contributed by atoms with Gasteiger partial charge in [0, 0.05) is 0 Å². The van der Waals surface area contributed by atoms with E-state index in [1.54, 1.807) is 0 Å². The van der Waals surface area contributed by atoms with Crippen molar-refractivity contribution < 1.29 is 0 Å². The SMILES string of the molecule is C=CC1CC1CCCCC. The van der Waals surface area contributed by atoms with Crippen LogP contribution in [0.4, 0.5) is 0 Å². The van der Waals surface area contributed by atoms with Gasteiger partial charge < -0.3 is 0 Å². The standard InChI is InChI=1S/C10H18/c1-3-5-6-7-10-8-9(10)4-2/h4,9-10H,2-3,5-8H2,1H3. The van der Waals surface area contributed by atoms with Crippen LogP contribution in [0.15, 0.2) is 12.7 Å². The zero-order valence-electron chi connectivity index (χ0n) is 6.97. The Hall–Kier alpha value is -0.260. The Balaban J connectivity index is 1.91. The van der Waals surface area contributed by atoms with Crippen LogP contribution < -0.4 is 0 Å². The van der Waals surface area contributed by atoms with Crippen molar-refractivity contribution in [3.05, 3.63) is 12.7 Å². The molecule has 1 rings (SSSR count). The summed E-state index contributed by atoms with van der Waals surface area (Å²) in [7, 11) is 0. The lowest BCUT2D eigenvalue weighted by molar-refractivity contribution is 0.605. The Labute approximate surface area is 64.3 Å². The van der Waals surface area contributed by atoms with Gasteiger partial charge in [0.25, 0.3) is 0 Å². The number of hydrogen-bond donors (Lipinski definition) is 0. The molecule has 1 aliphatic carbocycles. The van der Waals surface area contributed by atoms with Crippen molar-refractivity contribution >= 4 is 0 Å². The Morgan fingerprint density at radius 2 is 2.30 bits per heavy atom. The van der Waals surface area contributed by atoms with E-state index in [4.69, 9.17) is 0 Å². The van der Waals surface area contributed by atoms with Crippen LogP contribution in [0.25, 0.3) is 0 Å². The highest BCUT2D eigenvalue weighted by Crippen LogP contribution is 2.42. The van der Waals surface area contributed by atoms with Crippen LogP contribution in [-0.2, 0) is 0 Å². The van der Waals surface area contributed by atoms with E-state index in [0.29, 0.717) is 0 Å². The average molecular weight is 138 g/mol. The highest BCUT2D eigenvalue weighted by Gasteiger charge is 2.32. The number of unbranched alkanes of at least 4 members (excludes halogenated alkanes) is 2. The Kier molecular flexibility index (Phi) is 2.98. The van der Waals surface area contributed by atoms with Crippen molar-refractivity contribution in [1.82, 2.24) is 0 Å². The number of allylic oxidation sites excluding steroid dienone is 1. The van der Waals surface area contributed by atoms with E-state index in [2.05, 4.69) is 19.6 Å². The highest BCUT2D eigenvalue weighted by molar-refractivity contribution is 4.97. The lowest BCUT2D eigenvalue weighted by Gasteiger charge is -1.94. The quantitative estimate of drug-likeness (QED) is 0.403. The fraction of sp³-hybridized carbons (Fsp3) is 0.800. The molecule has 0 nitrogen and oxygen atoms in total. The molecule has 0 aromatic heterocycles. The molecule has 0 saturated heterocycles. The van der Waals surface area contributed by atoms with Gasteiger partial charge in [-0.05, 0) is 24.7 Å². The summed E-state index contributed by atoms with van der Waals surface area (Å²) in [6, 6.07) is 0. The maximum Gasteiger partial charge on any atom is -0.0205 e. The third-order valence-corrected chi connectivity index (χ3v) is 2.46. The molecule has 2 unspecified atom stereocenters. The fourth-order valence-electron chi connectivity index (χ4n) is 1.55. The highest BCUT2D eigenvalue weighted by atomic mass is 14.4. The van der Waals surface area contributed by atoms with Crippen LogP contribution in [-0.4, -0.2) is 0 Å². The van der Waals surface area contributed by atoms with Crippen molar-refractivity contribution in [3.8, 4) is 0 Å². The number of hydrogen-bond acceptors (Lipinski definition) is 0. The van der Waals surface area contributed by atoms with Gasteiger partial charge in [-0.3, -0.25) is 0 Å². The average Bonchev–Trinajstić information content (AvgIpc) is 2.68. The van der Waals surface area contributed by atoms with Crippen molar-refractivity contribution in [2.45, 2.75) is 39.0 Å². The molecule has 2 atom stereocenters. The second-order valence-corrected chi connectivity index (χ2v) is 3.39. The van der Waals surface area contributed by atoms with E-state index >= 15 is 0 Å². The molecular formula is C10H18. The van der Waals surface area contributed by atoms with Crippen molar-refractivity contribution in [1.29, 1.82) is 0 Å². The largest absolute Gasteiger partial charge is 0.103 e. The summed E-state index contributed by atoms with van der Waals surface area (Å²) in [5, 5.41) is 0. The van der Waals surface area contributed by atoms with Gasteiger partial charge in [0.15, 0.2) is 0 Å². The molecule has 0 bridgehead atoms.